The maximum Gasteiger partial charge on any atom is 0.408 e. The smallest absolute Gasteiger partial charge is 0.408 e. The largest absolute Gasteiger partial charge is 0.445 e. The van der Waals surface area contributed by atoms with Gasteiger partial charge in [-0.25, -0.2) is 9.59 Å². The number of alkyl carbamates (subject to hydrolysis) is 2. The van der Waals surface area contributed by atoms with Gasteiger partial charge in [0, 0.05) is 11.4 Å². The van der Waals surface area contributed by atoms with Gasteiger partial charge in [0.2, 0.25) is 23.6 Å². The maximum atomic E-state index is 12.8. The zero-order valence-electron chi connectivity index (χ0n) is 38.2. The normalized spacial score (nSPS) is 13.0. The Hall–Kier alpha value is -5.92. The lowest BCUT2D eigenvalue weighted by molar-refractivity contribution is -0.128. The standard InChI is InChI=1S/C22H33N3O10S2.C20H29N3O6/c1-7-8-33-22(28)25-19(14(2)3)21(27)23-15(4)20(26)24-18-10-16(12-34-36(5,29)30)9-17(11-18)13-35-37(6,31)32;1-5-6-29-20(28)23-17(12(2)3)19(27)21-13(4)18(26)22-16-8-14(10-24)7-15(9-16)11-25/h7,9-11,14-15,19H,1,8,12-13H2,2-6H3,(H,23,27)(H,24,26)(H,25,28);5,7-9,12-13,17,24-25H,1,6,10-11H2,2-4H3,(H,21,27)(H,22,26)(H,23,28)/t15-,19-;13-,17-/m00/s1. The van der Waals surface area contributed by atoms with Gasteiger partial charge < -0.3 is 51.6 Å². The summed E-state index contributed by atoms with van der Waals surface area (Å²) in [5.41, 5.74) is 2.26. The Morgan fingerprint density at radius 2 is 0.864 bits per heavy atom. The lowest BCUT2D eigenvalue weighted by Gasteiger charge is -2.23. The van der Waals surface area contributed by atoms with Crippen LogP contribution < -0.4 is 31.9 Å². The van der Waals surface area contributed by atoms with Crippen molar-refractivity contribution in [1.29, 1.82) is 0 Å². The number of carbonyl (C=O) groups is 6. The van der Waals surface area contributed by atoms with Gasteiger partial charge in [0.25, 0.3) is 20.2 Å². The number of anilines is 2. The average molecular weight is 971 g/mol. The molecule has 0 radical (unpaired) electrons. The van der Waals surface area contributed by atoms with Crippen LogP contribution in [-0.4, -0.2) is 113 Å². The molecular formula is C42H62N6O16S2. The van der Waals surface area contributed by atoms with Crippen LogP contribution in [0.2, 0.25) is 0 Å². The number of aliphatic hydroxyl groups excluding tert-OH is 2. The minimum Gasteiger partial charge on any atom is -0.445 e. The van der Waals surface area contributed by atoms with Crippen molar-refractivity contribution in [3.05, 3.63) is 84.0 Å². The molecular weight excluding hydrogens is 909 g/mol. The minimum atomic E-state index is -3.77. The van der Waals surface area contributed by atoms with E-state index in [1.165, 1.54) is 44.2 Å². The maximum absolute atomic E-state index is 12.8. The molecule has 0 fully saturated rings. The van der Waals surface area contributed by atoms with E-state index in [4.69, 9.17) is 17.8 Å². The lowest BCUT2D eigenvalue weighted by atomic mass is 10.0. The first kappa shape index (κ1) is 58.1. The van der Waals surface area contributed by atoms with Crippen molar-refractivity contribution in [2.24, 2.45) is 11.8 Å². The highest BCUT2D eigenvalue weighted by Crippen LogP contribution is 2.19. The topological polar surface area (TPSA) is 320 Å². The zero-order chi connectivity index (χ0) is 50.4. The average Bonchev–Trinajstić information content (AvgIpc) is 3.23. The van der Waals surface area contributed by atoms with Gasteiger partial charge in [-0.2, -0.15) is 16.8 Å². The fourth-order valence-electron chi connectivity index (χ4n) is 5.28. The van der Waals surface area contributed by atoms with Crippen LogP contribution in [0.5, 0.6) is 0 Å². The van der Waals surface area contributed by atoms with E-state index in [9.17, 15) is 55.8 Å². The van der Waals surface area contributed by atoms with Gasteiger partial charge in [-0.1, -0.05) is 65.1 Å². The van der Waals surface area contributed by atoms with Crippen molar-refractivity contribution < 1.29 is 73.7 Å². The molecule has 22 nitrogen and oxygen atoms in total. The van der Waals surface area contributed by atoms with Gasteiger partial charge in [-0.15, -0.1) is 0 Å². The minimum absolute atomic E-state index is 0.0137. The van der Waals surface area contributed by atoms with Crippen molar-refractivity contribution in [3.63, 3.8) is 0 Å². The Balaban J connectivity index is 0.000000680. The Morgan fingerprint density at radius 3 is 1.15 bits per heavy atom. The summed E-state index contributed by atoms with van der Waals surface area (Å²) in [5, 5.41) is 33.7. The monoisotopic (exact) mass is 970 g/mol. The van der Waals surface area contributed by atoms with Gasteiger partial charge in [-0.3, -0.25) is 27.5 Å². The second kappa shape index (κ2) is 28.2. The van der Waals surface area contributed by atoms with Crippen molar-refractivity contribution in [3.8, 4) is 0 Å². The molecule has 8 N–H and O–H groups in total. The molecule has 2 aromatic rings. The third-order valence-corrected chi connectivity index (χ3v) is 9.59. The molecule has 0 aliphatic carbocycles. The Kier molecular flexibility index (Phi) is 24.8. The summed E-state index contributed by atoms with van der Waals surface area (Å²) in [5.74, 6) is -2.84. The number of hydrogen-bond donors (Lipinski definition) is 8. The summed E-state index contributed by atoms with van der Waals surface area (Å²) in [6.45, 7) is 15.4. The molecule has 24 heteroatoms. The van der Waals surface area contributed by atoms with Crippen LogP contribution in [0.1, 0.15) is 63.8 Å². The number of amides is 6. The Morgan fingerprint density at radius 1 is 0.545 bits per heavy atom. The molecule has 4 atom stereocenters. The first-order chi connectivity index (χ1) is 30.7. The molecule has 0 spiro atoms. The number of ether oxygens (including phenoxy) is 2. The van der Waals surface area contributed by atoms with Crippen LogP contribution >= 0.6 is 0 Å². The zero-order valence-corrected chi connectivity index (χ0v) is 39.8. The fourth-order valence-corrected chi connectivity index (χ4v) is 5.98. The highest BCUT2D eigenvalue weighted by atomic mass is 32.2. The van der Waals surface area contributed by atoms with Gasteiger partial charge in [0.05, 0.1) is 38.9 Å². The number of rotatable bonds is 24. The third-order valence-electron chi connectivity index (χ3n) is 8.50. The fraction of sp³-hybridized carbons (Fsp3) is 0.476. The van der Waals surface area contributed by atoms with E-state index < -0.39 is 80.2 Å². The van der Waals surface area contributed by atoms with E-state index in [0.717, 1.165) is 12.5 Å². The summed E-state index contributed by atoms with van der Waals surface area (Å²) in [7, 11) is -7.54. The summed E-state index contributed by atoms with van der Waals surface area (Å²) in [6.07, 6.45) is 2.95. The van der Waals surface area contributed by atoms with Crippen LogP contribution in [0.15, 0.2) is 61.7 Å². The number of nitrogens with one attached hydrogen (secondary N) is 6. The van der Waals surface area contributed by atoms with Crippen LogP contribution in [0.4, 0.5) is 21.0 Å². The number of hydrogen-bond acceptors (Lipinski definition) is 16. The highest BCUT2D eigenvalue weighted by Gasteiger charge is 2.29. The van der Waals surface area contributed by atoms with Crippen molar-refractivity contribution in [2.45, 2.75) is 92.1 Å². The van der Waals surface area contributed by atoms with Crippen LogP contribution in [0, 0.1) is 11.8 Å². The van der Waals surface area contributed by atoms with Gasteiger partial charge >= 0.3 is 12.2 Å². The van der Waals surface area contributed by atoms with Crippen LogP contribution in [0.3, 0.4) is 0 Å². The van der Waals surface area contributed by atoms with Crippen LogP contribution in [-0.2, 0) is 83.7 Å². The number of carbonyl (C=O) groups excluding carboxylic acids is 6. The second-order valence-corrected chi connectivity index (χ2v) is 18.6. The summed E-state index contributed by atoms with van der Waals surface area (Å²) in [4.78, 5) is 74.0. The Labute approximate surface area is 385 Å². The van der Waals surface area contributed by atoms with E-state index in [-0.39, 0.29) is 57.2 Å². The van der Waals surface area contributed by atoms with Gasteiger partial charge in [0.15, 0.2) is 0 Å². The Bertz CT molecular complexity index is 2160. The van der Waals surface area contributed by atoms with E-state index in [1.807, 2.05) is 0 Å². The molecule has 2 aromatic carbocycles. The molecule has 6 amide bonds. The first-order valence-electron chi connectivity index (χ1n) is 20.2. The summed E-state index contributed by atoms with van der Waals surface area (Å²) >= 11 is 0. The van der Waals surface area contributed by atoms with Crippen molar-refractivity contribution >= 4 is 67.4 Å². The molecule has 0 saturated carbocycles. The van der Waals surface area contributed by atoms with E-state index in [2.05, 4.69) is 45.1 Å². The molecule has 66 heavy (non-hydrogen) atoms. The number of benzene rings is 2. The van der Waals surface area contributed by atoms with E-state index in [1.54, 1.807) is 45.9 Å². The number of aliphatic hydroxyl groups is 2. The molecule has 0 aromatic heterocycles. The lowest BCUT2D eigenvalue weighted by Crippen LogP contribution is -2.53. The molecule has 368 valence electrons. The van der Waals surface area contributed by atoms with E-state index in [0.29, 0.717) is 27.9 Å². The summed E-state index contributed by atoms with van der Waals surface area (Å²) in [6, 6.07) is 5.25. The van der Waals surface area contributed by atoms with Crippen molar-refractivity contribution in [1.82, 2.24) is 21.3 Å². The van der Waals surface area contributed by atoms with Crippen molar-refractivity contribution in [2.75, 3.05) is 36.4 Å². The SMILES string of the molecule is C=CCOC(=O)N[C@H](C(=O)N[C@@H](C)C(=O)Nc1cc(CO)cc(CO)c1)C(C)C.C=CCOC(=O)N[C@H](C(=O)N[C@@H](C)C(=O)Nc1cc(COS(C)(=O)=O)cc(COS(C)(=O)=O)c1)C(C)C. The molecule has 0 bridgehead atoms. The quantitative estimate of drug-likeness (QED) is 0.0552. The van der Waals surface area contributed by atoms with Gasteiger partial charge in [-0.05, 0) is 72.2 Å². The predicted octanol–water partition coefficient (Wildman–Crippen LogP) is 2.07. The molecule has 2 rings (SSSR count). The molecule has 0 heterocycles. The molecule has 0 unspecified atom stereocenters. The summed E-state index contributed by atoms with van der Waals surface area (Å²) < 4.78 is 64.6. The molecule has 0 aliphatic heterocycles. The third kappa shape index (κ3) is 23.3. The first-order valence-corrected chi connectivity index (χ1v) is 23.8. The predicted molar refractivity (Wildman–Crippen MR) is 243 cm³/mol. The van der Waals surface area contributed by atoms with Gasteiger partial charge in [0.1, 0.15) is 37.4 Å². The molecule has 0 saturated heterocycles. The van der Waals surface area contributed by atoms with Crippen LogP contribution in [0.25, 0.3) is 0 Å². The van der Waals surface area contributed by atoms with E-state index >= 15 is 0 Å². The second-order valence-electron chi connectivity index (χ2n) is 15.3. The highest BCUT2D eigenvalue weighted by molar-refractivity contribution is 7.86. The molecule has 0 aliphatic rings.